The monoisotopic (exact) mass is 278 g/mol. The fraction of sp³-hybridized carbons (Fsp3) is 0.368. The topological polar surface area (TPSA) is 0 Å². The second-order valence-corrected chi connectivity index (χ2v) is 7.46. The minimum absolute atomic E-state index is 0.841. The molecule has 4 rings (SSSR count). The molecule has 1 fully saturated rings. The van der Waals surface area contributed by atoms with Gasteiger partial charge in [-0.2, -0.15) is 0 Å². The van der Waals surface area contributed by atoms with Gasteiger partial charge in [0.1, 0.15) is 0 Å². The third-order valence-corrected chi connectivity index (χ3v) is 5.67. The molecule has 0 aromatic heterocycles. The van der Waals surface area contributed by atoms with E-state index in [1.807, 2.05) is 0 Å². The van der Waals surface area contributed by atoms with Gasteiger partial charge in [-0.25, -0.2) is 0 Å². The Bertz CT molecular complexity index is 683. The number of fused-ring (bicyclic) bond motifs is 3. The first kappa shape index (κ1) is 12.4. The van der Waals surface area contributed by atoms with Crippen molar-refractivity contribution >= 4 is 26.6 Å². The van der Waals surface area contributed by atoms with Gasteiger partial charge in [0.05, 0.1) is 0 Å². The SMILES string of the molecule is [SiH3]CCc1ccc(C2=CC3CCC2C3)c2ccccc12. The Morgan fingerprint density at radius 3 is 2.55 bits per heavy atom. The van der Waals surface area contributed by atoms with Crippen LogP contribution in [0.3, 0.4) is 0 Å². The van der Waals surface area contributed by atoms with Crippen molar-refractivity contribution in [3.8, 4) is 0 Å². The lowest BCUT2D eigenvalue weighted by molar-refractivity contribution is 0.695. The zero-order valence-electron chi connectivity index (χ0n) is 12.2. The fourth-order valence-corrected chi connectivity index (χ4v) is 4.79. The van der Waals surface area contributed by atoms with E-state index in [9.17, 15) is 0 Å². The van der Waals surface area contributed by atoms with Crippen LogP contribution in [-0.2, 0) is 6.42 Å². The molecular weight excluding hydrogens is 256 g/mol. The number of aryl methyl sites for hydroxylation is 1. The van der Waals surface area contributed by atoms with E-state index in [0.717, 1.165) is 11.8 Å². The van der Waals surface area contributed by atoms with E-state index in [1.54, 1.807) is 11.1 Å². The molecule has 2 aliphatic rings. The first-order valence-electron chi connectivity index (χ1n) is 8.09. The quantitative estimate of drug-likeness (QED) is 0.745. The zero-order chi connectivity index (χ0) is 13.5. The van der Waals surface area contributed by atoms with Crippen LogP contribution in [0.4, 0.5) is 0 Å². The molecule has 2 atom stereocenters. The Morgan fingerprint density at radius 1 is 1.00 bits per heavy atom. The average molecular weight is 278 g/mol. The van der Waals surface area contributed by atoms with Crippen molar-refractivity contribution in [2.45, 2.75) is 31.7 Å². The summed E-state index contributed by atoms with van der Waals surface area (Å²) in [7, 11) is 1.30. The normalized spacial score (nSPS) is 24.5. The van der Waals surface area contributed by atoms with Gasteiger partial charge < -0.3 is 0 Å². The molecular formula is C19H22Si. The highest BCUT2D eigenvalue weighted by atomic mass is 28.1. The molecule has 1 saturated carbocycles. The molecule has 20 heavy (non-hydrogen) atoms. The summed E-state index contributed by atoms with van der Waals surface area (Å²) >= 11 is 0. The second-order valence-electron chi connectivity index (χ2n) is 6.46. The molecule has 2 bridgehead atoms. The van der Waals surface area contributed by atoms with Crippen LogP contribution in [0.2, 0.25) is 6.04 Å². The lowest BCUT2D eigenvalue weighted by Crippen LogP contribution is -1.99. The van der Waals surface area contributed by atoms with Gasteiger partial charge in [-0.15, -0.1) is 0 Å². The predicted octanol–water partition coefficient (Wildman–Crippen LogP) is 3.98. The van der Waals surface area contributed by atoms with E-state index in [0.29, 0.717) is 0 Å². The van der Waals surface area contributed by atoms with Crippen LogP contribution < -0.4 is 0 Å². The molecule has 0 spiro atoms. The molecule has 102 valence electrons. The van der Waals surface area contributed by atoms with Crippen molar-refractivity contribution in [3.05, 3.63) is 53.6 Å². The minimum atomic E-state index is 0.841. The maximum Gasteiger partial charge on any atom is 0.00321 e. The summed E-state index contributed by atoms with van der Waals surface area (Å²) in [5, 5.41) is 2.98. The summed E-state index contributed by atoms with van der Waals surface area (Å²) in [6.07, 6.45) is 8.06. The minimum Gasteiger partial charge on any atom is -0.0773 e. The van der Waals surface area contributed by atoms with E-state index in [2.05, 4.69) is 42.5 Å². The molecule has 0 radical (unpaired) electrons. The molecule has 2 aliphatic carbocycles. The third kappa shape index (κ3) is 1.88. The first-order valence-corrected chi connectivity index (χ1v) is 9.51. The summed E-state index contributed by atoms with van der Waals surface area (Å²) in [4.78, 5) is 0. The zero-order valence-corrected chi connectivity index (χ0v) is 14.2. The second kappa shape index (κ2) is 4.89. The van der Waals surface area contributed by atoms with Crippen LogP contribution in [-0.4, -0.2) is 10.2 Å². The Labute approximate surface area is 124 Å². The molecule has 0 amide bonds. The summed E-state index contributed by atoms with van der Waals surface area (Å²) in [5.74, 6) is 1.71. The molecule has 2 aromatic rings. The van der Waals surface area contributed by atoms with Crippen molar-refractivity contribution in [1.29, 1.82) is 0 Å². The van der Waals surface area contributed by atoms with Crippen LogP contribution in [0.5, 0.6) is 0 Å². The van der Waals surface area contributed by atoms with E-state index in [1.165, 1.54) is 58.3 Å². The molecule has 0 nitrogen and oxygen atoms in total. The van der Waals surface area contributed by atoms with Crippen LogP contribution in [0.25, 0.3) is 16.3 Å². The van der Waals surface area contributed by atoms with Crippen LogP contribution in [0.1, 0.15) is 30.4 Å². The Kier molecular flexibility index (Phi) is 3.03. The Morgan fingerprint density at radius 2 is 1.85 bits per heavy atom. The Balaban J connectivity index is 1.89. The maximum absolute atomic E-state index is 2.57. The van der Waals surface area contributed by atoms with Gasteiger partial charge in [0.25, 0.3) is 0 Å². The molecule has 0 heterocycles. The number of benzene rings is 2. The number of hydrogen-bond acceptors (Lipinski definition) is 0. The highest BCUT2D eigenvalue weighted by molar-refractivity contribution is 6.08. The maximum atomic E-state index is 2.57. The number of hydrogen-bond donors (Lipinski definition) is 0. The van der Waals surface area contributed by atoms with Crippen molar-refractivity contribution in [3.63, 3.8) is 0 Å². The van der Waals surface area contributed by atoms with Gasteiger partial charge in [-0.05, 0) is 65.0 Å². The molecule has 0 aliphatic heterocycles. The highest BCUT2D eigenvalue weighted by Gasteiger charge is 2.33. The summed E-state index contributed by atoms with van der Waals surface area (Å²) in [6.45, 7) is 0. The van der Waals surface area contributed by atoms with Crippen molar-refractivity contribution in [2.75, 3.05) is 0 Å². The van der Waals surface area contributed by atoms with Gasteiger partial charge in [0, 0.05) is 10.2 Å². The van der Waals surface area contributed by atoms with Gasteiger partial charge >= 0.3 is 0 Å². The van der Waals surface area contributed by atoms with E-state index >= 15 is 0 Å². The third-order valence-electron chi connectivity index (χ3n) is 5.17. The lowest BCUT2D eigenvalue weighted by atomic mass is 9.87. The highest BCUT2D eigenvalue weighted by Crippen LogP contribution is 2.49. The van der Waals surface area contributed by atoms with Gasteiger partial charge in [-0.1, -0.05) is 48.5 Å². The molecule has 0 saturated heterocycles. The lowest BCUT2D eigenvalue weighted by Gasteiger charge is -2.17. The number of allylic oxidation sites excluding steroid dienone is 2. The summed E-state index contributed by atoms with van der Waals surface area (Å²) in [6, 6.07) is 15.2. The largest absolute Gasteiger partial charge is 0.0773 e. The Hall–Kier alpha value is -1.34. The van der Waals surface area contributed by atoms with Crippen molar-refractivity contribution < 1.29 is 0 Å². The van der Waals surface area contributed by atoms with Gasteiger partial charge in [-0.3, -0.25) is 0 Å². The predicted molar refractivity (Wildman–Crippen MR) is 91.2 cm³/mol. The van der Waals surface area contributed by atoms with Crippen molar-refractivity contribution in [2.24, 2.45) is 11.8 Å². The summed E-state index contributed by atoms with van der Waals surface area (Å²) < 4.78 is 0. The van der Waals surface area contributed by atoms with E-state index < -0.39 is 0 Å². The molecule has 0 N–H and O–H groups in total. The van der Waals surface area contributed by atoms with Crippen LogP contribution in [0.15, 0.2) is 42.5 Å². The standard InChI is InChI=1S/C19H22Si/c20-10-9-14-7-8-18(17-4-2-1-3-16(14)17)19-12-13-5-6-15(19)11-13/h1-4,7-8,12-13,15H,5-6,9-11H2,20H3. The molecule has 1 heteroatoms. The average Bonchev–Trinajstić information content (AvgIpc) is 3.11. The van der Waals surface area contributed by atoms with E-state index in [4.69, 9.17) is 0 Å². The van der Waals surface area contributed by atoms with Gasteiger partial charge in [0.2, 0.25) is 0 Å². The van der Waals surface area contributed by atoms with Crippen molar-refractivity contribution in [1.82, 2.24) is 0 Å². The van der Waals surface area contributed by atoms with Crippen LogP contribution in [0, 0.1) is 11.8 Å². The first-order chi connectivity index (χ1) is 9.86. The molecule has 2 unspecified atom stereocenters. The fourth-order valence-electron chi connectivity index (χ4n) is 4.25. The van der Waals surface area contributed by atoms with Gasteiger partial charge in [0.15, 0.2) is 0 Å². The van der Waals surface area contributed by atoms with Crippen LogP contribution >= 0.6 is 0 Å². The van der Waals surface area contributed by atoms with E-state index in [-0.39, 0.29) is 0 Å². The number of rotatable bonds is 3. The smallest absolute Gasteiger partial charge is 0.00321 e. The summed E-state index contributed by atoms with van der Waals surface area (Å²) in [5.41, 5.74) is 4.71. The molecule has 2 aromatic carbocycles.